The van der Waals surface area contributed by atoms with Crippen molar-refractivity contribution in [1.29, 1.82) is 0 Å². The van der Waals surface area contributed by atoms with E-state index in [9.17, 15) is 9.18 Å². The molecule has 0 spiro atoms. The molecule has 8 heteroatoms. The Kier molecular flexibility index (Phi) is 12.5. The Morgan fingerprint density at radius 1 is 1.50 bits per heavy atom. The van der Waals surface area contributed by atoms with E-state index in [0.29, 0.717) is 18.8 Å². The number of aliphatic carboxylic acids is 1. The summed E-state index contributed by atoms with van der Waals surface area (Å²) in [5, 5.41) is 8.68. The molecule has 0 amide bonds. The number of carboxylic acids is 1. The highest BCUT2D eigenvalue weighted by Gasteiger charge is 2.29. The number of amidine groups is 1. The molecule has 0 aliphatic carbocycles. The van der Waals surface area contributed by atoms with E-state index in [0.717, 1.165) is 0 Å². The Morgan fingerprint density at radius 2 is 2.00 bits per heavy atom. The lowest BCUT2D eigenvalue weighted by molar-refractivity contribution is -0.142. The van der Waals surface area contributed by atoms with Gasteiger partial charge >= 0.3 is 5.97 Å². The Hall–Kier alpha value is -0.850. The van der Waals surface area contributed by atoms with Gasteiger partial charge < -0.3 is 16.6 Å². The largest absolute Gasteiger partial charge is 0.480 e. The number of hydrogen-bond acceptors (Lipinski definition) is 3. The van der Waals surface area contributed by atoms with Crippen molar-refractivity contribution in [3.63, 3.8) is 0 Å². The summed E-state index contributed by atoms with van der Waals surface area (Å²) in [5.74, 6) is -1.34. The summed E-state index contributed by atoms with van der Waals surface area (Å²) in [4.78, 5) is 14.5. The minimum Gasteiger partial charge on any atom is -0.480 e. The van der Waals surface area contributed by atoms with Gasteiger partial charge in [-0.25, -0.2) is 4.39 Å². The van der Waals surface area contributed by atoms with Crippen molar-refractivity contribution < 1.29 is 14.3 Å². The van der Waals surface area contributed by atoms with Gasteiger partial charge in [-0.2, -0.15) is 0 Å². The number of hydrogen-bond donors (Lipinski definition) is 3. The van der Waals surface area contributed by atoms with Crippen molar-refractivity contribution in [2.24, 2.45) is 16.5 Å². The van der Waals surface area contributed by atoms with Gasteiger partial charge in [0.25, 0.3) is 0 Å². The summed E-state index contributed by atoms with van der Waals surface area (Å²) in [5.41, 5.74) is 9.10. The van der Waals surface area contributed by atoms with Crippen LogP contribution in [0, 0.1) is 0 Å². The van der Waals surface area contributed by atoms with E-state index in [1.807, 2.05) is 0 Å². The molecular formula is C10H20Cl2FN3O2. The molecule has 0 aliphatic heterocycles. The highest BCUT2D eigenvalue weighted by molar-refractivity contribution is 5.85. The summed E-state index contributed by atoms with van der Waals surface area (Å²) in [6, 6.07) is 0. The molecule has 0 aromatic carbocycles. The third-order valence-electron chi connectivity index (χ3n) is 1.88. The summed E-state index contributed by atoms with van der Waals surface area (Å²) in [7, 11) is 0. The molecule has 0 aromatic rings. The van der Waals surface area contributed by atoms with E-state index in [-0.39, 0.29) is 31.2 Å². The van der Waals surface area contributed by atoms with Crippen molar-refractivity contribution in [3.05, 3.63) is 11.9 Å². The van der Waals surface area contributed by atoms with Crippen LogP contribution in [0.4, 0.5) is 4.39 Å². The number of carboxylic acid groups (broad SMARTS) is 1. The lowest BCUT2D eigenvalue weighted by Crippen LogP contribution is -2.44. The highest BCUT2D eigenvalue weighted by Crippen LogP contribution is 2.15. The maximum absolute atomic E-state index is 13.2. The number of nitrogens with zero attached hydrogens (tertiary/aromatic N) is 1. The first-order valence-corrected chi connectivity index (χ1v) is 4.89. The first-order chi connectivity index (χ1) is 7.25. The number of carbonyl (C=O) groups is 1. The van der Waals surface area contributed by atoms with Gasteiger partial charge in [-0.3, -0.25) is 9.79 Å². The lowest BCUT2D eigenvalue weighted by Gasteiger charge is -2.17. The summed E-state index contributed by atoms with van der Waals surface area (Å²) < 4.78 is 13.2. The molecule has 0 aliphatic rings. The molecule has 0 heterocycles. The Morgan fingerprint density at radius 3 is 2.39 bits per heavy atom. The summed E-state index contributed by atoms with van der Waals surface area (Å²) >= 11 is 0. The number of aliphatic imine (C=N–C) groups is 1. The molecule has 0 unspecified atom stereocenters. The Balaban J connectivity index is -0.00000112. The molecule has 0 aromatic heterocycles. The van der Waals surface area contributed by atoms with Crippen LogP contribution in [-0.2, 0) is 4.79 Å². The summed E-state index contributed by atoms with van der Waals surface area (Å²) in [6.45, 7) is 3.29. The fourth-order valence-corrected chi connectivity index (χ4v) is 0.961. The van der Waals surface area contributed by atoms with Gasteiger partial charge in [0, 0.05) is 13.0 Å². The second-order valence-corrected chi connectivity index (χ2v) is 3.86. The van der Waals surface area contributed by atoms with Crippen LogP contribution in [0.5, 0.6) is 0 Å². The third-order valence-corrected chi connectivity index (χ3v) is 1.88. The predicted molar refractivity (Wildman–Crippen MR) is 75.3 cm³/mol. The van der Waals surface area contributed by atoms with Gasteiger partial charge in [-0.1, -0.05) is 6.08 Å². The highest BCUT2D eigenvalue weighted by atomic mass is 35.5. The quantitative estimate of drug-likeness (QED) is 0.394. The van der Waals surface area contributed by atoms with Crippen molar-refractivity contribution in [1.82, 2.24) is 0 Å². The molecular weight excluding hydrogens is 284 g/mol. The van der Waals surface area contributed by atoms with E-state index in [4.69, 9.17) is 16.6 Å². The van der Waals surface area contributed by atoms with E-state index < -0.39 is 17.3 Å². The lowest BCUT2D eigenvalue weighted by atomic mass is 9.98. The van der Waals surface area contributed by atoms with Crippen LogP contribution >= 0.6 is 24.8 Å². The van der Waals surface area contributed by atoms with Crippen molar-refractivity contribution in [3.8, 4) is 0 Å². The second-order valence-electron chi connectivity index (χ2n) is 3.86. The molecule has 18 heavy (non-hydrogen) atoms. The third kappa shape index (κ3) is 10.3. The van der Waals surface area contributed by atoms with Crippen LogP contribution in [-0.4, -0.2) is 29.0 Å². The minimum atomic E-state index is -1.58. The minimum absolute atomic E-state index is 0. The van der Waals surface area contributed by atoms with Crippen LogP contribution in [0.3, 0.4) is 0 Å². The van der Waals surface area contributed by atoms with Gasteiger partial charge in [0.2, 0.25) is 0 Å². The molecule has 5 nitrogen and oxygen atoms in total. The average Bonchev–Trinajstić information content (AvgIpc) is 2.11. The molecule has 1 atom stereocenters. The SMILES string of the molecule is CC(N)=NCC/C=C(\F)C[C@](C)(N)C(=O)O.Cl.Cl. The molecule has 108 valence electrons. The first-order valence-electron chi connectivity index (χ1n) is 4.89. The van der Waals surface area contributed by atoms with Crippen LogP contribution in [0.2, 0.25) is 0 Å². The van der Waals surface area contributed by atoms with E-state index in [2.05, 4.69) is 4.99 Å². The zero-order valence-corrected chi connectivity index (χ0v) is 12.0. The zero-order valence-electron chi connectivity index (χ0n) is 10.4. The first kappa shape index (κ1) is 22.3. The monoisotopic (exact) mass is 303 g/mol. The maximum Gasteiger partial charge on any atom is 0.323 e. The van der Waals surface area contributed by atoms with E-state index >= 15 is 0 Å². The van der Waals surface area contributed by atoms with Crippen LogP contribution in [0.15, 0.2) is 16.9 Å². The smallest absolute Gasteiger partial charge is 0.323 e. The zero-order chi connectivity index (χ0) is 12.8. The Bertz CT molecular complexity index is 316. The molecule has 0 radical (unpaired) electrons. The molecule has 0 bridgehead atoms. The molecule has 5 N–H and O–H groups in total. The number of halogens is 3. The van der Waals surface area contributed by atoms with Crippen molar-refractivity contribution in [2.75, 3.05) is 6.54 Å². The van der Waals surface area contributed by atoms with Gasteiger partial charge in [-0.15, -0.1) is 24.8 Å². The predicted octanol–water partition coefficient (Wildman–Crippen LogP) is 1.64. The van der Waals surface area contributed by atoms with Crippen LogP contribution in [0.25, 0.3) is 0 Å². The van der Waals surface area contributed by atoms with Crippen LogP contribution in [0.1, 0.15) is 26.7 Å². The van der Waals surface area contributed by atoms with E-state index in [1.165, 1.54) is 13.0 Å². The average molecular weight is 304 g/mol. The standard InChI is InChI=1S/C10H18FN3O2.2ClH/c1-7(12)14-5-3-4-8(11)6-10(2,13)9(15)16;;/h4H,3,5-6,13H2,1-2H3,(H2,12,14)(H,15,16);2*1H/b8-4-;;/t10-;;/m0../s1. The maximum atomic E-state index is 13.2. The van der Waals surface area contributed by atoms with Gasteiger partial charge in [-0.05, 0) is 20.3 Å². The Labute approximate surface area is 118 Å². The summed E-state index contributed by atoms with van der Waals surface area (Å²) in [6.07, 6.45) is 1.32. The fraction of sp³-hybridized carbons (Fsp3) is 0.600. The fourth-order valence-electron chi connectivity index (χ4n) is 0.961. The van der Waals surface area contributed by atoms with Gasteiger partial charge in [0.05, 0.1) is 11.7 Å². The topological polar surface area (TPSA) is 102 Å². The molecule has 0 saturated carbocycles. The molecule has 0 saturated heterocycles. The van der Waals surface area contributed by atoms with Gasteiger partial charge in [0.1, 0.15) is 5.54 Å². The van der Waals surface area contributed by atoms with Crippen molar-refractivity contribution >= 4 is 36.6 Å². The molecule has 0 fully saturated rings. The number of nitrogens with two attached hydrogens (primary N) is 2. The second kappa shape index (κ2) is 10.1. The normalized spacial score (nSPS) is 15.1. The van der Waals surface area contributed by atoms with E-state index in [1.54, 1.807) is 6.92 Å². The van der Waals surface area contributed by atoms with Crippen LogP contribution < -0.4 is 11.5 Å². The molecule has 0 rings (SSSR count). The number of rotatable bonds is 6. The van der Waals surface area contributed by atoms with Gasteiger partial charge in [0.15, 0.2) is 0 Å². The van der Waals surface area contributed by atoms with Crippen molar-refractivity contribution in [2.45, 2.75) is 32.2 Å².